The molecule has 0 aliphatic carbocycles. The minimum Gasteiger partial charge on any atom is -0.366 e. The van der Waals surface area contributed by atoms with Gasteiger partial charge in [-0.2, -0.15) is 0 Å². The fourth-order valence-electron chi connectivity index (χ4n) is 2.69. The normalized spacial score (nSPS) is 24.6. The zero-order valence-corrected chi connectivity index (χ0v) is 12.4. The predicted octanol–water partition coefficient (Wildman–Crippen LogP) is 3.43. The number of hydrogen-bond donors (Lipinski definition) is 1. The average molecular weight is 264 g/mol. The lowest BCUT2D eigenvalue weighted by Crippen LogP contribution is -2.60. The summed E-state index contributed by atoms with van der Waals surface area (Å²) in [6, 6.07) is 7.84. The first-order valence-electron chi connectivity index (χ1n) is 7.17. The Morgan fingerprint density at radius 3 is 2.42 bits per heavy atom. The number of rotatable bonds is 2. The van der Waals surface area contributed by atoms with Crippen LogP contribution in [0, 0.1) is 11.2 Å². The van der Waals surface area contributed by atoms with Crippen LogP contribution in [-0.4, -0.2) is 25.2 Å². The lowest BCUT2D eigenvalue weighted by Gasteiger charge is -2.46. The summed E-state index contributed by atoms with van der Waals surface area (Å²) in [5.41, 5.74) is 1.36. The molecule has 1 N–H and O–H groups in total. The zero-order valence-electron chi connectivity index (χ0n) is 12.4. The standard InChI is InChI=1S/C16H25FN2/c1-5-13-10-18-15(16(2,3)4)11-19(13)14-8-6-12(17)7-9-14/h6-9,13,15,18H,5,10-11H2,1-4H3. The Morgan fingerprint density at radius 1 is 1.26 bits per heavy atom. The van der Waals surface area contributed by atoms with Gasteiger partial charge in [-0.25, -0.2) is 4.39 Å². The smallest absolute Gasteiger partial charge is 0.123 e. The van der Waals surface area contributed by atoms with Crippen molar-refractivity contribution in [1.82, 2.24) is 5.32 Å². The number of benzene rings is 1. The lowest BCUT2D eigenvalue weighted by molar-refractivity contribution is 0.233. The highest BCUT2D eigenvalue weighted by molar-refractivity contribution is 5.48. The van der Waals surface area contributed by atoms with Gasteiger partial charge in [0.1, 0.15) is 5.82 Å². The van der Waals surface area contributed by atoms with E-state index in [-0.39, 0.29) is 11.2 Å². The van der Waals surface area contributed by atoms with Gasteiger partial charge in [-0.1, -0.05) is 27.7 Å². The molecule has 1 aromatic rings. The Labute approximate surface area is 116 Å². The fraction of sp³-hybridized carbons (Fsp3) is 0.625. The Morgan fingerprint density at radius 2 is 1.89 bits per heavy atom. The van der Waals surface area contributed by atoms with Crippen molar-refractivity contribution in [2.75, 3.05) is 18.0 Å². The van der Waals surface area contributed by atoms with Crippen molar-refractivity contribution in [1.29, 1.82) is 0 Å². The van der Waals surface area contributed by atoms with Crippen molar-refractivity contribution in [3.8, 4) is 0 Å². The van der Waals surface area contributed by atoms with Crippen LogP contribution < -0.4 is 10.2 Å². The second-order valence-electron chi connectivity index (χ2n) is 6.52. The van der Waals surface area contributed by atoms with E-state index in [0.29, 0.717) is 12.1 Å². The molecule has 3 heteroatoms. The van der Waals surface area contributed by atoms with Gasteiger partial charge < -0.3 is 10.2 Å². The highest BCUT2D eigenvalue weighted by atomic mass is 19.1. The number of halogens is 1. The minimum absolute atomic E-state index is 0.167. The molecule has 2 rings (SSSR count). The lowest BCUT2D eigenvalue weighted by atomic mass is 9.84. The maximum Gasteiger partial charge on any atom is 0.123 e. The third kappa shape index (κ3) is 3.27. The van der Waals surface area contributed by atoms with Crippen molar-refractivity contribution in [2.24, 2.45) is 5.41 Å². The Balaban J connectivity index is 2.21. The van der Waals surface area contributed by atoms with Gasteiger partial charge in [0, 0.05) is 30.9 Å². The number of nitrogens with zero attached hydrogens (tertiary/aromatic N) is 1. The molecule has 1 aromatic carbocycles. The average Bonchev–Trinajstić information content (AvgIpc) is 2.38. The van der Waals surface area contributed by atoms with Gasteiger partial charge in [-0.15, -0.1) is 0 Å². The summed E-state index contributed by atoms with van der Waals surface area (Å²) < 4.78 is 13.1. The van der Waals surface area contributed by atoms with Gasteiger partial charge in [0.05, 0.1) is 0 Å². The number of piperazine rings is 1. The quantitative estimate of drug-likeness (QED) is 0.880. The molecule has 0 spiro atoms. The van der Waals surface area contributed by atoms with E-state index in [1.807, 2.05) is 12.1 Å². The van der Waals surface area contributed by atoms with Crippen molar-refractivity contribution in [3.63, 3.8) is 0 Å². The van der Waals surface area contributed by atoms with Crippen LogP contribution in [0.5, 0.6) is 0 Å². The van der Waals surface area contributed by atoms with Crippen LogP contribution in [0.25, 0.3) is 0 Å². The summed E-state index contributed by atoms with van der Waals surface area (Å²) >= 11 is 0. The van der Waals surface area contributed by atoms with Crippen molar-refractivity contribution >= 4 is 5.69 Å². The molecule has 2 atom stereocenters. The van der Waals surface area contributed by atoms with Crippen LogP contribution in [0.15, 0.2) is 24.3 Å². The van der Waals surface area contributed by atoms with Gasteiger partial charge in [0.25, 0.3) is 0 Å². The van der Waals surface area contributed by atoms with Crippen molar-refractivity contribution in [3.05, 3.63) is 30.1 Å². The van der Waals surface area contributed by atoms with E-state index in [2.05, 4.69) is 37.9 Å². The molecule has 0 saturated carbocycles. The monoisotopic (exact) mass is 264 g/mol. The molecule has 1 aliphatic rings. The summed E-state index contributed by atoms with van der Waals surface area (Å²) in [7, 11) is 0. The second kappa shape index (κ2) is 5.49. The second-order valence-corrected chi connectivity index (χ2v) is 6.52. The summed E-state index contributed by atoms with van der Waals surface area (Å²) in [6.45, 7) is 11.0. The van der Waals surface area contributed by atoms with Gasteiger partial charge in [-0.05, 0) is 36.1 Å². The third-order valence-electron chi connectivity index (χ3n) is 4.09. The van der Waals surface area contributed by atoms with Crippen LogP contribution >= 0.6 is 0 Å². The van der Waals surface area contributed by atoms with Crippen LogP contribution in [0.4, 0.5) is 10.1 Å². The Hall–Kier alpha value is -1.09. The molecule has 1 fully saturated rings. The number of nitrogens with one attached hydrogen (secondary N) is 1. The molecular formula is C16H25FN2. The van der Waals surface area contributed by atoms with Crippen LogP contribution in [0.3, 0.4) is 0 Å². The first-order valence-corrected chi connectivity index (χ1v) is 7.17. The van der Waals surface area contributed by atoms with Crippen LogP contribution in [0.2, 0.25) is 0 Å². The maximum absolute atomic E-state index is 13.1. The molecule has 1 heterocycles. The maximum atomic E-state index is 13.1. The Bertz CT molecular complexity index is 408. The van der Waals surface area contributed by atoms with Crippen LogP contribution in [-0.2, 0) is 0 Å². The summed E-state index contributed by atoms with van der Waals surface area (Å²) in [5.74, 6) is -0.167. The predicted molar refractivity (Wildman–Crippen MR) is 79.1 cm³/mol. The number of anilines is 1. The first-order chi connectivity index (χ1) is 8.91. The number of hydrogen-bond acceptors (Lipinski definition) is 2. The highest BCUT2D eigenvalue weighted by Gasteiger charge is 2.33. The summed E-state index contributed by atoms with van der Waals surface area (Å²) in [6.07, 6.45) is 1.10. The molecule has 0 amide bonds. The summed E-state index contributed by atoms with van der Waals surface area (Å²) in [5, 5.41) is 3.66. The molecule has 19 heavy (non-hydrogen) atoms. The molecule has 106 valence electrons. The van der Waals surface area contributed by atoms with Gasteiger partial charge in [0.15, 0.2) is 0 Å². The van der Waals surface area contributed by atoms with E-state index in [9.17, 15) is 4.39 Å². The Kier molecular flexibility index (Phi) is 4.14. The topological polar surface area (TPSA) is 15.3 Å². The third-order valence-corrected chi connectivity index (χ3v) is 4.09. The van der Waals surface area contributed by atoms with Gasteiger partial charge in [-0.3, -0.25) is 0 Å². The highest BCUT2D eigenvalue weighted by Crippen LogP contribution is 2.28. The molecule has 0 aromatic heterocycles. The molecule has 1 saturated heterocycles. The van der Waals surface area contributed by atoms with Crippen molar-refractivity contribution < 1.29 is 4.39 Å². The molecule has 2 nitrogen and oxygen atoms in total. The molecule has 0 bridgehead atoms. The molecular weight excluding hydrogens is 239 g/mol. The fourth-order valence-corrected chi connectivity index (χ4v) is 2.69. The van der Waals surface area contributed by atoms with Gasteiger partial charge in [0.2, 0.25) is 0 Å². The SMILES string of the molecule is CCC1CNC(C(C)(C)C)CN1c1ccc(F)cc1. The van der Waals surface area contributed by atoms with E-state index >= 15 is 0 Å². The molecule has 1 aliphatic heterocycles. The van der Waals surface area contributed by atoms with Crippen LogP contribution in [0.1, 0.15) is 34.1 Å². The van der Waals surface area contributed by atoms with E-state index < -0.39 is 0 Å². The summed E-state index contributed by atoms with van der Waals surface area (Å²) in [4.78, 5) is 2.42. The molecule has 0 radical (unpaired) electrons. The van der Waals surface area contributed by atoms with E-state index in [1.165, 1.54) is 0 Å². The van der Waals surface area contributed by atoms with E-state index in [4.69, 9.17) is 0 Å². The largest absolute Gasteiger partial charge is 0.366 e. The molecule has 2 unspecified atom stereocenters. The van der Waals surface area contributed by atoms with E-state index in [1.54, 1.807) is 12.1 Å². The van der Waals surface area contributed by atoms with E-state index in [0.717, 1.165) is 25.2 Å². The van der Waals surface area contributed by atoms with Crippen molar-refractivity contribution in [2.45, 2.75) is 46.2 Å². The first kappa shape index (κ1) is 14.3. The zero-order chi connectivity index (χ0) is 14.0. The minimum atomic E-state index is -0.167. The van der Waals surface area contributed by atoms with Gasteiger partial charge >= 0.3 is 0 Å².